The summed E-state index contributed by atoms with van der Waals surface area (Å²) in [5.74, 6) is 0. The van der Waals surface area contributed by atoms with Crippen LogP contribution in [-0.2, 0) is 20.1 Å². The molecule has 0 aromatic rings. The molecule has 1 nitrogen and oxygen atoms in total. The first-order valence-corrected chi connectivity index (χ1v) is 18.0. The Bertz CT molecular complexity index is 388. The Kier molecular flexibility index (Phi) is 14.3. The molecule has 189 valence electrons. The summed E-state index contributed by atoms with van der Waals surface area (Å²) in [5, 5.41) is 4.04. The monoisotopic (exact) mass is 658 g/mol. The second-order valence-corrected chi connectivity index (χ2v) is 17.3. The normalized spacial score (nSPS) is 25.3. The van der Waals surface area contributed by atoms with Crippen molar-refractivity contribution in [3.63, 3.8) is 0 Å². The molecule has 4 rings (SSSR count). The molecule has 0 spiro atoms. The summed E-state index contributed by atoms with van der Waals surface area (Å²) in [7, 11) is 0.579. The first kappa shape index (κ1) is 28.0. The molecule has 1 radical (unpaired) electrons. The summed E-state index contributed by atoms with van der Waals surface area (Å²) < 4.78 is 0. The Hall–Kier alpha value is 1.47. The van der Waals surface area contributed by atoms with Crippen LogP contribution in [0.4, 0.5) is 0 Å². The Labute approximate surface area is 217 Å². The van der Waals surface area contributed by atoms with Gasteiger partial charge in [0.05, 0.1) is 0 Å². The standard InChI is InChI=1S/C28H53NP2.Ir/c1-5-13-25(14-6-1)30(26-15-7-2-8-16-26)23-21-29-22-24-31(27-17-9-3-10-18-27)28-19-11-4-12-20-28;/h25-29H,1-24H2;. The van der Waals surface area contributed by atoms with Gasteiger partial charge in [0, 0.05) is 20.1 Å². The largest absolute Gasteiger partial charge is 0.316 e. The maximum absolute atomic E-state index is 4.04. The molecule has 0 aromatic heterocycles. The summed E-state index contributed by atoms with van der Waals surface area (Å²) in [6.45, 7) is 2.69. The van der Waals surface area contributed by atoms with Crippen LogP contribution in [0, 0.1) is 0 Å². The summed E-state index contributed by atoms with van der Waals surface area (Å²) in [6, 6.07) is 0. The fraction of sp³-hybridized carbons (Fsp3) is 1.00. The predicted molar refractivity (Wildman–Crippen MR) is 144 cm³/mol. The average molecular weight is 658 g/mol. The molecule has 4 heteroatoms. The number of hydrogen-bond acceptors (Lipinski definition) is 1. The van der Waals surface area contributed by atoms with Crippen LogP contribution in [0.25, 0.3) is 0 Å². The molecule has 0 aromatic carbocycles. The van der Waals surface area contributed by atoms with E-state index in [4.69, 9.17) is 0 Å². The van der Waals surface area contributed by atoms with Crippen LogP contribution in [0.5, 0.6) is 0 Å². The molecule has 32 heavy (non-hydrogen) atoms. The Balaban J connectivity index is 0.00000289. The molecule has 0 amide bonds. The maximum atomic E-state index is 4.04. The molecule has 0 atom stereocenters. The molecule has 0 aliphatic heterocycles. The van der Waals surface area contributed by atoms with E-state index in [1.807, 2.05) is 0 Å². The molecule has 4 saturated carbocycles. The molecule has 0 unspecified atom stereocenters. The molecule has 1 N–H and O–H groups in total. The van der Waals surface area contributed by atoms with E-state index in [0.717, 1.165) is 22.6 Å². The summed E-state index contributed by atoms with van der Waals surface area (Å²) in [4.78, 5) is 0. The van der Waals surface area contributed by atoms with E-state index in [-0.39, 0.29) is 35.9 Å². The zero-order chi connectivity index (χ0) is 21.1. The van der Waals surface area contributed by atoms with E-state index in [1.54, 1.807) is 63.7 Å². The van der Waals surface area contributed by atoms with E-state index in [9.17, 15) is 0 Å². The SMILES string of the molecule is C1CCC(P(CCNCCP(C2CCCCC2)C2CCCCC2)C2CCCCC2)CC1.[Ir]. The third-order valence-electron chi connectivity index (χ3n) is 9.27. The Morgan fingerprint density at radius 3 is 0.906 bits per heavy atom. The quantitative estimate of drug-likeness (QED) is 0.183. The van der Waals surface area contributed by atoms with Crippen molar-refractivity contribution in [3.8, 4) is 0 Å². The van der Waals surface area contributed by atoms with Crippen molar-refractivity contribution in [2.24, 2.45) is 0 Å². The molecule has 0 heterocycles. The van der Waals surface area contributed by atoms with Crippen LogP contribution in [0.2, 0.25) is 0 Å². The smallest absolute Gasteiger partial charge is 0 e. The number of nitrogens with one attached hydrogen (secondary N) is 1. The first-order valence-electron chi connectivity index (χ1n) is 14.6. The molecule has 4 aliphatic rings. The van der Waals surface area contributed by atoms with E-state index < -0.39 is 0 Å². The third kappa shape index (κ3) is 8.85. The summed E-state index contributed by atoms with van der Waals surface area (Å²) >= 11 is 0. The van der Waals surface area contributed by atoms with Gasteiger partial charge in [0.25, 0.3) is 0 Å². The van der Waals surface area contributed by atoms with Gasteiger partial charge in [0.2, 0.25) is 0 Å². The maximum Gasteiger partial charge on any atom is 0 e. The Morgan fingerprint density at radius 1 is 0.406 bits per heavy atom. The van der Waals surface area contributed by atoms with Gasteiger partial charge >= 0.3 is 0 Å². The summed E-state index contributed by atoms with van der Waals surface area (Å²) in [6.07, 6.45) is 34.1. The minimum absolute atomic E-state index is 0. The van der Waals surface area contributed by atoms with Crippen molar-refractivity contribution < 1.29 is 20.1 Å². The Morgan fingerprint density at radius 2 is 0.656 bits per heavy atom. The van der Waals surface area contributed by atoms with Gasteiger partial charge in [0.1, 0.15) is 0 Å². The van der Waals surface area contributed by atoms with Gasteiger partial charge in [-0.1, -0.05) is 92.9 Å². The number of rotatable bonds is 10. The van der Waals surface area contributed by atoms with E-state index in [2.05, 4.69) is 5.32 Å². The van der Waals surface area contributed by atoms with Gasteiger partial charge in [-0.25, -0.2) is 0 Å². The van der Waals surface area contributed by atoms with Gasteiger partial charge in [-0.05, 0) is 99.4 Å². The third-order valence-corrected chi connectivity index (χ3v) is 16.6. The fourth-order valence-electron chi connectivity index (χ4n) is 7.52. The summed E-state index contributed by atoms with van der Waals surface area (Å²) in [5.41, 5.74) is 4.54. The zero-order valence-electron chi connectivity index (χ0n) is 21.0. The van der Waals surface area contributed by atoms with E-state index >= 15 is 0 Å². The van der Waals surface area contributed by atoms with Crippen LogP contribution in [0.15, 0.2) is 0 Å². The van der Waals surface area contributed by atoms with E-state index in [0.29, 0.717) is 0 Å². The van der Waals surface area contributed by atoms with Gasteiger partial charge in [-0.2, -0.15) is 0 Å². The topological polar surface area (TPSA) is 12.0 Å². The van der Waals surface area contributed by atoms with Crippen LogP contribution < -0.4 is 5.32 Å². The molecular formula is C28H53IrNP2. The van der Waals surface area contributed by atoms with Crippen molar-refractivity contribution >= 4 is 15.8 Å². The van der Waals surface area contributed by atoms with Crippen molar-refractivity contribution in [2.45, 2.75) is 151 Å². The molecular weight excluding hydrogens is 604 g/mol. The molecule has 0 saturated heterocycles. The minimum atomic E-state index is 0. The predicted octanol–water partition coefficient (Wildman–Crippen LogP) is 8.87. The number of hydrogen-bond donors (Lipinski definition) is 1. The van der Waals surface area contributed by atoms with Crippen LogP contribution in [-0.4, -0.2) is 48.0 Å². The second kappa shape index (κ2) is 16.3. The van der Waals surface area contributed by atoms with Crippen molar-refractivity contribution in [2.75, 3.05) is 25.4 Å². The van der Waals surface area contributed by atoms with Crippen molar-refractivity contribution in [1.82, 2.24) is 5.32 Å². The van der Waals surface area contributed by atoms with Gasteiger partial charge in [-0.3, -0.25) is 0 Å². The van der Waals surface area contributed by atoms with E-state index in [1.165, 1.54) is 90.1 Å². The fourth-order valence-corrected chi connectivity index (χ4v) is 15.1. The van der Waals surface area contributed by atoms with Gasteiger partial charge < -0.3 is 5.32 Å². The van der Waals surface area contributed by atoms with Crippen molar-refractivity contribution in [1.29, 1.82) is 0 Å². The van der Waals surface area contributed by atoms with Crippen LogP contribution in [0.1, 0.15) is 128 Å². The van der Waals surface area contributed by atoms with Crippen molar-refractivity contribution in [3.05, 3.63) is 0 Å². The molecule has 4 fully saturated rings. The van der Waals surface area contributed by atoms with Crippen LogP contribution in [0.3, 0.4) is 0 Å². The van der Waals surface area contributed by atoms with Crippen LogP contribution >= 0.6 is 15.8 Å². The average Bonchev–Trinajstić information content (AvgIpc) is 2.86. The minimum Gasteiger partial charge on any atom is -0.316 e. The second-order valence-electron chi connectivity index (χ2n) is 11.4. The zero-order valence-corrected chi connectivity index (χ0v) is 25.2. The first-order chi connectivity index (χ1) is 15.4. The van der Waals surface area contributed by atoms with Gasteiger partial charge in [-0.15, -0.1) is 0 Å². The molecule has 4 aliphatic carbocycles. The molecule has 0 bridgehead atoms. The van der Waals surface area contributed by atoms with Gasteiger partial charge in [0.15, 0.2) is 0 Å².